The van der Waals surface area contributed by atoms with Crippen LogP contribution >= 0.6 is 11.3 Å². The van der Waals surface area contributed by atoms with Crippen LogP contribution in [-0.4, -0.2) is 23.1 Å². The molecule has 7 heteroatoms. The minimum absolute atomic E-state index is 0.140. The van der Waals surface area contributed by atoms with E-state index in [2.05, 4.69) is 5.32 Å². The highest BCUT2D eigenvalue weighted by Gasteiger charge is 2.22. The molecule has 2 aromatic heterocycles. The molecule has 0 atom stereocenters. The lowest BCUT2D eigenvalue weighted by Crippen LogP contribution is -2.28. The molecule has 0 bridgehead atoms. The standard InChI is InChI=1S/C22H24N2O4S/c1-6-28-22(27)19-14(4)15(5)29-21(19)23-17(25)11-24-18(26)10-13(3)16-9-7-8-12(2)20(16)24/h7-10H,6,11H2,1-5H3,(H,23,25). The lowest BCUT2D eigenvalue weighted by Gasteiger charge is -2.14. The van der Waals surface area contributed by atoms with Crippen LogP contribution < -0.4 is 10.9 Å². The maximum atomic E-state index is 12.8. The number of pyridine rings is 1. The number of esters is 1. The predicted molar refractivity (Wildman–Crippen MR) is 116 cm³/mol. The van der Waals surface area contributed by atoms with Crippen molar-refractivity contribution in [1.29, 1.82) is 0 Å². The fraction of sp³-hybridized carbons (Fsp3) is 0.318. The van der Waals surface area contributed by atoms with Crippen molar-refractivity contribution >= 4 is 39.1 Å². The number of anilines is 1. The zero-order valence-electron chi connectivity index (χ0n) is 17.2. The van der Waals surface area contributed by atoms with Crippen LogP contribution in [0.5, 0.6) is 0 Å². The van der Waals surface area contributed by atoms with E-state index < -0.39 is 5.97 Å². The number of hydrogen-bond donors (Lipinski definition) is 1. The number of fused-ring (bicyclic) bond motifs is 1. The lowest BCUT2D eigenvalue weighted by atomic mass is 10.1. The molecule has 3 aromatic rings. The van der Waals surface area contributed by atoms with Crippen molar-refractivity contribution < 1.29 is 14.3 Å². The zero-order chi connectivity index (χ0) is 21.3. The van der Waals surface area contributed by atoms with Gasteiger partial charge in [-0.1, -0.05) is 18.2 Å². The van der Waals surface area contributed by atoms with E-state index >= 15 is 0 Å². The SMILES string of the molecule is CCOC(=O)c1c(NC(=O)Cn2c(=O)cc(C)c3cccc(C)c32)sc(C)c1C. The van der Waals surface area contributed by atoms with Crippen molar-refractivity contribution in [3.8, 4) is 0 Å². The monoisotopic (exact) mass is 412 g/mol. The summed E-state index contributed by atoms with van der Waals surface area (Å²) >= 11 is 1.33. The van der Waals surface area contributed by atoms with Gasteiger partial charge in [-0.25, -0.2) is 4.79 Å². The van der Waals surface area contributed by atoms with Crippen molar-refractivity contribution in [2.45, 2.75) is 41.2 Å². The van der Waals surface area contributed by atoms with Crippen LogP contribution in [0.4, 0.5) is 5.00 Å². The van der Waals surface area contributed by atoms with Crippen molar-refractivity contribution in [3.63, 3.8) is 0 Å². The molecule has 3 rings (SSSR count). The Hall–Kier alpha value is -2.93. The third-order valence-corrected chi connectivity index (χ3v) is 6.08. The number of rotatable bonds is 5. The Morgan fingerprint density at radius 1 is 1.14 bits per heavy atom. The molecule has 6 nitrogen and oxygen atoms in total. The van der Waals surface area contributed by atoms with Crippen LogP contribution in [0, 0.1) is 27.7 Å². The molecule has 152 valence electrons. The summed E-state index contributed by atoms with van der Waals surface area (Å²) in [6, 6.07) is 7.33. The number of aryl methyl sites for hydroxylation is 3. The Morgan fingerprint density at radius 2 is 1.86 bits per heavy atom. The summed E-state index contributed by atoms with van der Waals surface area (Å²) in [7, 11) is 0. The first-order valence-electron chi connectivity index (χ1n) is 9.41. The molecule has 0 spiro atoms. The number of carbonyl (C=O) groups excluding carboxylic acids is 2. The second-order valence-electron chi connectivity index (χ2n) is 6.98. The Bertz CT molecular complexity index is 1170. The zero-order valence-corrected chi connectivity index (χ0v) is 18.0. The Balaban J connectivity index is 1.97. The van der Waals surface area contributed by atoms with E-state index in [1.54, 1.807) is 13.0 Å². The number of carbonyl (C=O) groups is 2. The molecule has 29 heavy (non-hydrogen) atoms. The van der Waals surface area contributed by atoms with Gasteiger partial charge in [-0.05, 0) is 51.3 Å². The van der Waals surface area contributed by atoms with Crippen molar-refractivity contribution in [3.05, 3.63) is 61.8 Å². The summed E-state index contributed by atoms with van der Waals surface area (Å²) in [5.41, 5.74) is 3.48. The molecule has 0 aliphatic carbocycles. The van der Waals surface area contributed by atoms with Gasteiger partial charge in [0.15, 0.2) is 0 Å². The fourth-order valence-corrected chi connectivity index (χ4v) is 4.48. The van der Waals surface area contributed by atoms with E-state index in [-0.39, 0.29) is 24.6 Å². The van der Waals surface area contributed by atoms with E-state index in [9.17, 15) is 14.4 Å². The Morgan fingerprint density at radius 3 is 2.55 bits per heavy atom. The molecule has 2 heterocycles. The molecule has 1 N–H and O–H groups in total. The van der Waals surface area contributed by atoms with Crippen molar-refractivity contribution in [1.82, 2.24) is 4.57 Å². The quantitative estimate of drug-likeness (QED) is 0.640. The largest absolute Gasteiger partial charge is 0.462 e. The van der Waals surface area contributed by atoms with Gasteiger partial charge < -0.3 is 10.1 Å². The average Bonchev–Trinajstić information content (AvgIpc) is 2.92. The van der Waals surface area contributed by atoms with E-state index in [1.165, 1.54) is 15.9 Å². The minimum atomic E-state index is -0.460. The number of nitrogens with one attached hydrogen (secondary N) is 1. The first-order valence-corrected chi connectivity index (χ1v) is 10.2. The van der Waals surface area contributed by atoms with Gasteiger partial charge in [0.05, 0.1) is 17.7 Å². The first-order chi connectivity index (χ1) is 13.7. The number of nitrogens with zero attached hydrogens (tertiary/aromatic N) is 1. The topological polar surface area (TPSA) is 77.4 Å². The number of hydrogen-bond acceptors (Lipinski definition) is 5. The minimum Gasteiger partial charge on any atom is -0.462 e. The van der Waals surface area contributed by atoms with Crippen molar-refractivity contribution in [2.24, 2.45) is 0 Å². The summed E-state index contributed by atoms with van der Waals surface area (Å²) in [4.78, 5) is 38.7. The summed E-state index contributed by atoms with van der Waals surface area (Å²) in [6.45, 7) is 9.37. The number of aromatic nitrogens is 1. The molecule has 0 saturated heterocycles. The summed E-state index contributed by atoms with van der Waals surface area (Å²) in [5, 5.41) is 4.19. The predicted octanol–water partition coefficient (Wildman–Crippen LogP) is 4.11. The van der Waals surface area contributed by atoms with Crippen LogP contribution in [0.25, 0.3) is 10.9 Å². The van der Waals surface area contributed by atoms with Crippen LogP contribution in [0.1, 0.15) is 38.8 Å². The molecule has 0 aliphatic rings. The molecule has 0 radical (unpaired) electrons. The molecule has 0 aliphatic heterocycles. The van der Waals surface area contributed by atoms with Crippen LogP contribution in [-0.2, 0) is 16.1 Å². The molecule has 0 saturated carbocycles. The van der Waals surface area contributed by atoms with Gasteiger partial charge in [0, 0.05) is 16.3 Å². The summed E-state index contributed by atoms with van der Waals surface area (Å²) in [6.07, 6.45) is 0. The fourth-order valence-electron chi connectivity index (χ4n) is 3.42. The van der Waals surface area contributed by atoms with Gasteiger partial charge in [-0.3, -0.25) is 14.2 Å². The lowest BCUT2D eigenvalue weighted by molar-refractivity contribution is -0.116. The molecule has 0 unspecified atom stereocenters. The second-order valence-corrected chi connectivity index (χ2v) is 8.20. The van der Waals surface area contributed by atoms with Crippen LogP contribution in [0.3, 0.4) is 0 Å². The van der Waals surface area contributed by atoms with Gasteiger partial charge in [0.25, 0.3) is 5.56 Å². The molecule has 0 fully saturated rings. The van der Waals surface area contributed by atoms with Gasteiger partial charge in [0.1, 0.15) is 11.5 Å². The van der Waals surface area contributed by atoms with Gasteiger partial charge in [0.2, 0.25) is 5.91 Å². The third kappa shape index (κ3) is 3.96. The highest BCUT2D eigenvalue weighted by Crippen LogP contribution is 2.33. The van der Waals surface area contributed by atoms with Gasteiger partial charge in [-0.15, -0.1) is 11.3 Å². The molecule has 1 amide bonds. The molecular formula is C22H24N2O4S. The van der Waals surface area contributed by atoms with E-state index in [1.807, 2.05) is 45.9 Å². The summed E-state index contributed by atoms with van der Waals surface area (Å²) in [5.74, 6) is -0.828. The third-order valence-electron chi connectivity index (χ3n) is 4.96. The second kappa shape index (κ2) is 8.21. The van der Waals surface area contributed by atoms with Crippen molar-refractivity contribution in [2.75, 3.05) is 11.9 Å². The highest BCUT2D eigenvalue weighted by molar-refractivity contribution is 7.16. The number of amides is 1. The Kier molecular flexibility index (Phi) is 5.88. The summed E-state index contributed by atoms with van der Waals surface area (Å²) < 4.78 is 6.61. The van der Waals surface area contributed by atoms with Gasteiger partial charge in [-0.2, -0.15) is 0 Å². The number of ether oxygens (including phenoxy) is 1. The highest BCUT2D eigenvalue weighted by atomic mass is 32.1. The van der Waals surface area contributed by atoms with E-state index in [0.29, 0.717) is 10.6 Å². The number of thiophene rings is 1. The van der Waals surface area contributed by atoms with E-state index in [4.69, 9.17) is 4.74 Å². The first kappa shape index (κ1) is 20.8. The number of para-hydroxylation sites is 1. The number of benzene rings is 1. The average molecular weight is 413 g/mol. The maximum absolute atomic E-state index is 12.8. The normalized spacial score (nSPS) is 10.9. The van der Waals surface area contributed by atoms with Gasteiger partial charge >= 0.3 is 5.97 Å². The maximum Gasteiger partial charge on any atom is 0.341 e. The Labute approximate surface area is 173 Å². The molecule has 1 aromatic carbocycles. The smallest absolute Gasteiger partial charge is 0.341 e. The van der Waals surface area contributed by atoms with Crippen LogP contribution in [0.15, 0.2) is 29.1 Å². The van der Waals surface area contributed by atoms with Crippen LogP contribution in [0.2, 0.25) is 0 Å². The van der Waals surface area contributed by atoms with E-state index in [0.717, 1.165) is 32.5 Å². The molecular weight excluding hydrogens is 388 g/mol.